The molecule has 0 fully saturated rings. The van der Waals surface area contributed by atoms with Crippen molar-refractivity contribution in [3.8, 4) is 0 Å². The number of aromatic nitrogens is 4. The Bertz CT molecular complexity index is 867. The van der Waals surface area contributed by atoms with Crippen LogP contribution >= 0.6 is 11.6 Å². The minimum atomic E-state index is -0.554. The van der Waals surface area contributed by atoms with Crippen molar-refractivity contribution in [2.75, 3.05) is 36.8 Å². The first kappa shape index (κ1) is 19.3. The van der Waals surface area contributed by atoms with Crippen LogP contribution in [0.15, 0.2) is 28.9 Å². The Kier molecular flexibility index (Phi) is 6.38. The fraction of sp³-hybridized carbons (Fsp3) is 0.412. The Balaban J connectivity index is 1.77. The minimum absolute atomic E-state index is 0.289. The number of anilines is 3. The first-order valence-corrected chi connectivity index (χ1v) is 9.14. The number of nitrogens with one attached hydrogen (secondary N) is 2. The molecule has 0 amide bonds. The molecule has 2 heterocycles. The highest BCUT2D eigenvalue weighted by atomic mass is 35.5. The van der Waals surface area contributed by atoms with Crippen molar-refractivity contribution < 1.29 is 9.74 Å². The lowest BCUT2D eigenvalue weighted by atomic mass is 10.3. The standard InChI is InChI=1S/C17H22ClN7O2/c1-3-25(4-2)10-13(26)9-19-14-15(20-12-7-5-11(18)6-8-12)22-17-16(21-14)23-27-24-17/h5-8,13,26H,3-4,9-10H2,1-2H3,(H,19,21,23)(H,20,22,24)/t13-/m1/s1. The number of halogens is 1. The van der Waals surface area contributed by atoms with Crippen molar-refractivity contribution >= 4 is 40.2 Å². The van der Waals surface area contributed by atoms with E-state index in [2.05, 4.69) is 49.7 Å². The van der Waals surface area contributed by atoms with Crippen LogP contribution in [-0.4, -0.2) is 62.6 Å². The SMILES string of the molecule is CCN(CC)C[C@H](O)CNc1nc2nonc2nc1Nc1ccc(Cl)cc1. The lowest BCUT2D eigenvalue weighted by Gasteiger charge is -2.22. The molecule has 9 nitrogen and oxygen atoms in total. The number of hydrogen-bond acceptors (Lipinski definition) is 9. The molecule has 0 saturated heterocycles. The molecule has 0 bridgehead atoms. The van der Waals surface area contributed by atoms with Crippen molar-refractivity contribution in [3.63, 3.8) is 0 Å². The molecule has 0 aliphatic carbocycles. The molecule has 3 N–H and O–H groups in total. The fourth-order valence-corrected chi connectivity index (χ4v) is 2.70. The van der Waals surface area contributed by atoms with Crippen LogP contribution in [0.1, 0.15) is 13.8 Å². The molecule has 2 aromatic heterocycles. The largest absolute Gasteiger partial charge is 0.390 e. The fourth-order valence-electron chi connectivity index (χ4n) is 2.58. The molecule has 0 spiro atoms. The van der Waals surface area contributed by atoms with E-state index in [1.54, 1.807) is 12.1 Å². The molecule has 0 aliphatic heterocycles. The zero-order valence-electron chi connectivity index (χ0n) is 15.2. The summed E-state index contributed by atoms with van der Waals surface area (Å²) in [6.45, 7) is 6.78. The molecule has 1 aromatic carbocycles. The number of fused-ring (bicyclic) bond motifs is 1. The van der Waals surface area contributed by atoms with Crippen LogP contribution in [-0.2, 0) is 0 Å². The summed E-state index contributed by atoms with van der Waals surface area (Å²) in [5, 5.41) is 24.7. The van der Waals surface area contributed by atoms with Gasteiger partial charge in [0, 0.05) is 23.8 Å². The van der Waals surface area contributed by atoms with Gasteiger partial charge in [0.05, 0.1) is 6.10 Å². The molecule has 0 aliphatic rings. The van der Waals surface area contributed by atoms with E-state index in [0.29, 0.717) is 35.4 Å². The maximum atomic E-state index is 10.3. The third-order valence-electron chi connectivity index (χ3n) is 4.09. The van der Waals surface area contributed by atoms with E-state index in [4.69, 9.17) is 16.2 Å². The maximum Gasteiger partial charge on any atom is 0.245 e. The first-order chi connectivity index (χ1) is 13.1. The second-order valence-corrected chi connectivity index (χ2v) is 6.42. The van der Waals surface area contributed by atoms with Crippen LogP contribution in [0.3, 0.4) is 0 Å². The Morgan fingerprint density at radius 1 is 1.07 bits per heavy atom. The predicted octanol–water partition coefficient (Wildman–Crippen LogP) is 2.52. The molecule has 1 atom stereocenters. The van der Waals surface area contributed by atoms with E-state index in [0.717, 1.165) is 18.8 Å². The molecule has 0 radical (unpaired) electrons. The van der Waals surface area contributed by atoms with Gasteiger partial charge >= 0.3 is 0 Å². The summed E-state index contributed by atoms with van der Waals surface area (Å²) in [5.41, 5.74) is 1.37. The molecular formula is C17H22ClN7O2. The van der Waals surface area contributed by atoms with Crippen LogP contribution in [0.5, 0.6) is 0 Å². The molecular weight excluding hydrogens is 370 g/mol. The van der Waals surface area contributed by atoms with Gasteiger partial charge in [-0.1, -0.05) is 25.4 Å². The van der Waals surface area contributed by atoms with E-state index in [1.807, 2.05) is 12.1 Å². The van der Waals surface area contributed by atoms with Gasteiger partial charge in [-0.3, -0.25) is 0 Å². The second-order valence-electron chi connectivity index (χ2n) is 5.98. The van der Waals surface area contributed by atoms with E-state index in [-0.39, 0.29) is 5.65 Å². The number of nitrogens with zero attached hydrogens (tertiary/aromatic N) is 5. The Morgan fingerprint density at radius 3 is 2.33 bits per heavy atom. The summed E-state index contributed by atoms with van der Waals surface area (Å²) in [7, 11) is 0. The Labute approximate surface area is 161 Å². The molecule has 3 aromatic rings. The topological polar surface area (TPSA) is 112 Å². The van der Waals surface area contributed by atoms with Gasteiger partial charge in [0.25, 0.3) is 0 Å². The number of benzene rings is 1. The third kappa shape index (κ3) is 5.03. The summed E-state index contributed by atoms with van der Waals surface area (Å²) in [6.07, 6.45) is -0.554. The average Bonchev–Trinajstić information content (AvgIpc) is 3.13. The molecule has 27 heavy (non-hydrogen) atoms. The smallest absolute Gasteiger partial charge is 0.245 e. The maximum absolute atomic E-state index is 10.3. The first-order valence-electron chi connectivity index (χ1n) is 8.76. The summed E-state index contributed by atoms with van der Waals surface area (Å²) < 4.78 is 4.69. The lowest BCUT2D eigenvalue weighted by Crippen LogP contribution is -2.36. The van der Waals surface area contributed by atoms with Crippen LogP contribution in [0.25, 0.3) is 11.3 Å². The van der Waals surface area contributed by atoms with Crippen LogP contribution in [0, 0.1) is 0 Å². The number of rotatable bonds is 9. The van der Waals surface area contributed by atoms with Gasteiger partial charge in [-0.2, -0.15) is 0 Å². The van der Waals surface area contributed by atoms with Gasteiger partial charge < -0.3 is 20.6 Å². The average molecular weight is 392 g/mol. The zero-order valence-corrected chi connectivity index (χ0v) is 15.9. The summed E-state index contributed by atoms with van der Waals surface area (Å²) >= 11 is 5.93. The Morgan fingerprint density at radius 2 is 1.70 bits per heavy atom. The van der Waals surface area contributed by atoms with Gasteiger partial charge in [-0.15, -0.1) is 0 Å². The normalized spacial score (nSPS) is 12.5. The number of hydrogen-bond donors (Lipinski definition) is 3. The summed E-state index contributed by atoms with van der Waals surface area (Å²) in [4.78, 5) is 10.9. The van der Waals surface area contributed by atoms with Gasteiger partial charge in [-0.25, -0.2) is 14.6 Å². The predicted molar refractivity (Wildman–Crippen MR) is 104 cm³/mol. The van der Waals surface area contributed by atoms with Crippen LogP contribution < -0.4 is 10.6 Å². The quantitative estimate of drug-likeness (QED) is 0.506. The number of aliphatic hydroxyl groups excluding tert-OH is 1. The molecule has 144 valence electrons. The number of aliphatic hydroxyl groups is 1. The van der Waals surface area contributed by atoms with E-state index in [9.17, 15) is 5.11 Å². The molecule has 0 unspecified atom stereocenters. The molecule has 3 rings (SSSR count). The van der Waals surface area contributed by atoms with Crippen molar-refractivity contribution in [3.05, 3.63) is 29.3 Å². The lowest BCUT2D eigenvalue weighted by molar-refractivity contribution is 0.128. The van der Waals surface area contributed by atoms with E-state index in [1.165, 1.54) is 0 Å². The molecule has 0 saturated carbocycles. The van der Waals surface area contributed by atoms with Crippen molar-refractivity contribution in [1.29, 1.82) is 0 Å². The molecule has 10 heteroatoms. The highest BCUT2D eigenvalue weighted by Gasteiger charge is 2.15. The van der Waals surface area contributed by atoms with Gasteiger partial charge in [0.2, 0.25) is 11.3 Å². The summed E-state index contributed by atoms with van der Waals surface area (Å²) in [6, 6.07) is 7.20. The highest BCUT2D eigenvalue weighted by Crippen LogP contribution is 2.24. The third-order valence-corrected chi connectivity index (χ3v) is 4.34. The van der Waals surface area contributed by atoms with Crippen LogP contribution in [0.4, 0.5) is 17.3 Å². The van der Waals surface area contributed by atoms with E-state index < -0.39 is 6.10 Å². The Hall–Kier alpha value is -2.49. The van der Waals surface area contributed by atoms with Crippen molar-refractivity contribution in [2.45, 2.75) is 20.0 Å². The van der Waals surface area contributed by atoms with Gasteiger partial charge in [-0.05, 0) is 47.7 Å². The van der Waals surface area contributed by atoms with Crippen molar-refractivity contribution in [2.24, 2.45) is 0 Å². The summed E-state index contributed by atoms with van der Waals surface area (Å²) in [5.74, 6) is 0.905. The minimum Gasteiger partial charge on any atom is -0.390 e. The van der Waals surface area contributed by atoms with Gasteiger partial charge in [0.1, 0.15) is 0 Å². The van der Waals surface area contributed by atoms with E-state index >= 15 is 0 Å². The zero-order chi connectivity index (χ0) is 19.2. The highest BCUT2D eigenvalue weighted by molar-refractivity contribution is 6.30. The van der Waals surface area contributed by atoms with Gasteiger partial charge in [0.15, 0.2) is 11.6 Å². The van der Waals surface area contributed by atoms with Crippen LogP contribution in [0.2, 0.25) is 5.02 Å². The van der Waals surface area contributed by atoms with Crippen molar-refractivity contribution in [1.82, 2.24) is 25.2 Å². The second kappa shape index (κ2) is 8.94. The monoisotopic (exact) mass is 391 g/mol. The number of likely N-dealkylation sites (N-methyl/N-ethyl adjacent to an activating group) is 1.